The summed E-state index contributed by atoms with van der Waals surface area (Å²) in [6.45, 7) is 0. The SMILES string of the molecule is c1ccc(-c2cn(-c3cccnc3)c3c(-n4c5ccccc5c5ccccc54)nccc23)nc1. The number of nitrogens with zero attached hydrogens (tertiary/aromatic N) is 5. The molecule has 5 heterocycles. The number of fused-ring (bicyclic) bond motifs is 4. The standard InChI is InChI=1S/C29H19N5/c1-3-12-26-21(9-1)22-10-2-4-13-27(22)34(26)29-28-23(14-17-32-29)24(25-11-5-6-16-31-25)19-33(28)20-8-7-15-30-18-20/h1-19H. The second-order valence-electron chi connectivity index (χ2n) is 8.24. The lowest BCUT2D eigenvalue weighted by molar-refractivity contribution is 1.04. The van der Waals surface area contributed by atoms with Gasteiger partial charge in [-0.3, -0.25) is 14.5 Å². The molecule has 0 amide bonds. The van der Waals surface area contributed by atoms with Crippen LogP contribution in [0.2, 0.25) is 0 Å². The van der Waals surface area contributed by atoms with Crippen LogP contribution in [-0.2, 0) is 0 Å². The number of pyridine rings is 3. The van der Waals surface area contributed by atoms with Crippen molar-refractivity contribution in [3.8, 4) is 22.8 Å². The fourth-order valence-electron chi connectivity index (χ4n) is 4.90. The Morgan fingerprint density at radius 2 is 1.35 bits per heavy atom. The van der Waals surface area contributed by atoms with Crippen LogP contribution in [0.1, 0.15) is 0 Å². The molecule has 7 aromatic rings. The largest absolute Gasteiger partial charge is 0.311 e. The summed E-state index contributed by atoms with van der Waals surface area (Å²) >= 11 is 0. The van der Waals surface area contributed by atoms with Crippen molar-refractivity contribution in [2.24, 2.45) is 0 Å². The molecule has 0 aliphatic heterocycles. The highest BCUT2D eigenvalue weighted by atomic mass is 15.1. The first-order chi connectivity index (χ1) is 16.9. The molecule has 0 fully saturated rings. The van der Waals surface area contributed by atoms with E-state index in [4.69, 9.17) is 4.98 Å². The third-order valence-corrected chi connectivity index (χ3v) is 6.35. The minimum Gasteiger partial charge on any atom is -0.311 e. The Bertz CT molecular complexity index is 1740. The van der Waals surface area contributed by atoms with E-state index in [1.165, 1.54) is 10.8 Å². The van der Waals surface area contributed by atoms with Gasteiger partial charge >= 0.3 is 0 Å². The Labute approximate surface area is 195 Å². The highest BCUT2D eigenvalue weighted by Gasteiger charge is 2.20. The second kappa shape index (κ2) is 7.39. The first-order valence-electron chi connectivity index (χ1n) is 11.2. The van der Waals surface area contributed by atoms with Crippen LogP contribution in [0.25, 0.3) is 55.5 Å². The minimum atomic E-state index is 0.876. The Morgan fingerprint density at radius 3 is 2.06 bits per heavy atom. The number of hydrogen-bond donors (Lipinski definition) is 0. The van der Waals surface area contributed by atoms with Gasteiger partial charge in [-0.15, -0.1) is 0 Å². The maximum Gasteiger partial charge on any atom is 0.162 e. The summed E-state index contributed by atoms with van der Waals surface area (Å²) < 4.78 is 4.44. The van der Waals surface area contributed by atoms with E-state index >= 15 is 0 Å². The monoisotopic (exact) mass is 437 g/mol. The first kappa shape index (κ1) is 18.8. The lowest BCUT2D eigenvalue weighted by Crippen LogP contribution is -2.02. The average Bonchev–Trinajstić information content (AvgIpc) is 3.46. The molecule has 7 rings (SSSR count). The van der Waals surface area contributed by atoms with Gasteiger partial charge in [-0.25, -0.2) is 4.98 Å². The fraction of sp³-hybridized carbons (Fsp3) is 0. The highest BCUT2D eigenvalue weighted by molar-refractivity contribution is 6.10. The van der Waals surface area contributed by atoms with Crippen molar-refractivity contribution in [2.45, 2.75) is 0 Å². The Morgan fingerprint density at radius 1 is 0.588 bits per heavy atom. The van der Waals surface area contributed by atoms with Crippen molar-refractivity contribution in [1.82, 2.24) is 24.1 Å². The van der Waals surface area contributed by atoms with E-state index < -0.39 is 0 Å². The quantitative estimate of drug-likeness (QED) is 0.314. The van der Waals surface area contributed by atoms with Gasteiger partial charge in [0.25, 0.3) is 0 Å². The molecule has 5 aromatic heterocycles. The topological polar surface area (TPSA) is 48.5 Å². The summed E-state index contributed by atoms with van der Waals surface area (Å²) in [6.07, 6.45) is 9.53. The van der Waals surface area contributed by atoms with Crippen LogP contribution in [0.15, 0.2) is 116 Å². The third kappa shape index (κ3) is 2.70. The van der Waals surface area contributed by atoms with E-state index in [0.717, 1.165) is 44.7 Å². The van der Waals surface area contributed by atoms with Gasteiger partial charge in [0.1, 0.15) is 0 Å². The van der Waals surface area contributed by atoms with E-state index in [1.54, 1.807) is 6.20 Å². The highest BCUT2D eigenvalue weighted by Crippen LogP contribution is 2.37. The molecule has 160 valence electrons. The van der Waals surface area contributed by atoms with Crippen LogP contribution < -0.4 is 0 Å². The van der Waals surface area contributed by atoms with Gasteiger partial charge in [-0.2, -0.15) is 0 Å². The molecule has 0 aliphatic carbocycles. The summed E-state index contributed by atoms with van der Waals surface area (Å²) in [5.74, 6) is 0.876. The number of rotatable bonds is 3. The zero-order valence-electron chi connectivity index (χ0n) is 18.2. The zero-order valence-corrected chi connectivity index (χ0v) is 18.2. The van der Waals surface area contributed by atoms with Crippen LogP contribution >= 0.6 is 0 Å². The van der Waals surface area contributed by atoms with E-state index in [0.29, 0.717) is 0 Å². The van der Waals surface area contributed by atoms with Crippen molar-refractivity contribution in [3.63, 3.8) is 0 Å². The van der Waals surface area contributed by atoms with Gasteiger partial charge in [0.05, 0.1) is 34.1 Å². The van der Waals surface area contributed by atoms with Gasteiger partial charge in [0.15, 0.2) is 5.82 Å². The van der Waals surface area contributed by atoms with Crippen molar-refractivity contribution in [2.75, 3.05) is 0 Å². The molecule has 34 heavy (non-hydrogen) atoms. The number of aromatic nitrogens is 5. The smallest absolute Gasteiger partial charge is 0.162 e. The maximum absolute atomic E-state index is 4.94. The van der Waals surface area contributed by atoms with E-state index in [1.807, 2.05) is 42.9 Å². The van der Waals surface area contributed by atoms with Crippen molar-refractivity contribution >= 4 is 32.7 Å². The second-order valence-corrected chi connectivity index (χ2v) is 8.24. The molecule has 2 aromatic carbocycles. The lowest BCUT2D eigenvalue weighted by atomic mass is 10.1. The lowest BCUT2D eigenvalue weighted by Gasteiger charge is -2.12. The number of hydrogen-bond acceptors (Lipinski definition) is 3. The molecule has 0 bridgehead atoms. The van der Waals surface area contributed by atoms with Gasteiger partial charge in [-0.05, 0) is 42.5 Å². The fourth-order valence-corrected chi connectivity index (χ4v) is 4.90. The van der Waals surface area contributed by atoms with E-state index in [9.17, 15) is 0 Å². The summed E-state index contributed by atoms with van der Waals surface area (Å²) in [6, 6.07) is 29.1. The summed E-state index contributed by atoms with van der Waals surface area (Å²) in [5.41, 5.74) is 6.23. The van der Waals surface area contributed by atoms with Crippen LogP contribution in [-0.4, -0.2) is 24.1 Å². The van der Waals surface area contributed by atoms with Crippen LogP contribution in [0.4, 0.5) is 0 Å². The predicted octanol–water partition coefficient (Wildman–Crippen LogP) is 6.58. The van der Waals surface area contributed by atoms with E-state index in [-0.39, 0.29) is 0 Å². The van der Waals surface area contributed by atoms with Crippen molar-refractivity contribution < 1.29 is 0 Å². The summed E-state index contributed by atoms with van der Waals surface area (Å²) in [7, 11) is 0. The summed E-state index contributed by atoms with van der Waals surface area (Å²) in [4.78, 5) is 14.0. The third-order valence-electron chi connectivity index (χ3n) is 6.35. The van der Waals surface area contributed by atoms with Crippen LogP contribution in [0, 0.1) is 0 Å². The van der Waals surface area contributed by atoms with E-state index in [2.05, 4.69) is 86.0 Å². The molecule has 0 spiro atoms. The summed E-state index contributed by atoms with van der Waals surface area (Å²) in [5, 5.41) is 3.51. The molecule has 0 radical (unpaired) electrons. The molecule has 0 atom stereocenters. The zero-order chi connectivity index (χ0) is 22.5. The molecule has 5 heteroatoms. The van der Waals surface area contributed by atoms with Crippen LogP contribution in [0.3, 0.4) is 0 Å². The molecule has 0 saturated carbocycles. The average molecular weight is 438 g/mol. The Kier molecular flexibility index (Phi) is 4.08. The molecular formula is C29H19N5. The van der Waals surface area contributed by atoms with Gasteiger partial charge in [0, 0.05) is 46.5 Å². The van der Waals surface area contributed by atoms with Gasteiger partial charge < -0.3 is 4.57 Å². The number of para-hydroxylation sites is 2. The Balaban J connectivity index is 1.65. The van der Waals surface area contributed by atoms with Crippen molar-refractivity contribution in [1.29, 1.82) is 0 Å². The Hall–Kier alpha value is -4.77. The van der Waals surface area contributed by atoms with Crippen molar-refractivity contribution in [3.05, 3.63) is 116 Å². The maximum atomic E-state index is 4.94. The minimum absolute atomic E-state index is 0.876. The molecule has 5 nitrogen and oxygen atoms in total. The van der Waals surface area contributed by atoms with Crippen LogP contribution in [0.5, 0.6) is 0 Å². The molecule has 0 saturated heterocycles. The molecule has 0 N–H and O–H groups in total. The normalized spacial score (nSPS) is 11.5. The molecule has 0 unspecified atom stereocenters. The molecule has 0 aliphatic rings. The van der Waals surface area contributed by atoms with Gasteiger partial charge in [0.2, 0.25) is 0 Å². The molecular weight excluding hydrogens is 418 g/mol. The number of benzene rings is 2. The predicted molar refractivity (Wildman–Crippen MR) is 136 cm³/mol. The first-order valence-corrected chi connectivity index (χ1v) is 11.2. The van der Waals surface area contributed by atoms with Gasteiger partial charge in [-0.1, -0.05) is 42.5 Å².